The Morgan fingerprint density at radius 3 is 2.55 bits per heavy atom. The number of morpholine rings is 1. The Hall–Kier alpha value is -1.29. The van der Waals surface area contributed by atoms with Crippen LogP contribution in [0.5, 0.6) is 0 Å². The van der Waals surface area contributed by atoms with Crippen LogP contribution in [0, 0.1) is 0 Å². The van der Waals surface area contributed by atoms with Crippen molar-refractivity contribution in [1.29, 1.82) is 0 Å². The lowest BCUT2D eigenvalue weighted by atomic mass is 10.1. The molecule has 29 heavy (non-hydrogen) atoms. The fourth-order valence-corrected chi connectivity index (χ4v) is 6.36. The van der Waals surface area contributed by atoms with Gasteiger partial charge in [-0.05, 0) is 25.0 Å². The molecule has 1 N–H and O–H groups in total. The normalized spacial score (nSPS) is 21.2. The minimum atomic E-state index is -3.36. The molecule has 0 aromatic heterocycles. The summed E-state index contributed by atoms with van der Waals surface area (Å²) in [5.41, 5.74) is 1.81. The Labute approximate surface area is 178 Å². The van der Waals surface area contributed by atoms with Crippen molar-refractivity contribution in [2.75, 3.05) is 52.2 Å². The molecule has 0 aliphatic carbocycles. The first kappa shape index (κ1) is 22.4. The highest BCUT2D eigenvalue weighted by molar-refractivity contribution is 8.00. The quantitative estimate of drug-likeness (QED) is 0.556. The molecule has 162 valence electrons. The van der Waals surface area contributed by atoms with Gasteiger partial charge in [-0.2, -0.15) is 16.1 Å². The topological polar surface area (TPSA) is 74.2 Å². The summed E-state index contributed by atoms with van der Waals surface area (Å²) in [4.78, 5) is 6.73. The van der Waals surface area contributed by atoms with E-state index in [9.17, 15) is 8.42 Å². The van der Waals surface area contributed by atoms with Crippen LogP contribution in [0.25, 0.3) is 0 Å². The predicted molar refractivity (Wildman–Crippen MR) is 120 cm³/mol. The molecule has 0 radical (unpaired) electrons. The number of rotatable bonds is 5. The highest BCUT2D eigenvalue weighted by atomic mass is 32.2. The van der Waals surface area contributed by atoms with Crippen LogP contribution in [0.15, 0.2) is 29.3 Å². The summed E-state index contributed by atoms with van der Waals surface area (Å²) in [5, 5.41) is 3.44. The Morgan fingerprint density at radius 1 is 1.21 bits per heavy atom. The van der Waals surface area contributed by atoms with E-state index < -0.39 is 10.0 Å². The molecule has 0 atom stereocenters. The molecule has 1 aromatic carbocycles. The van der Waals surface area contributed by atoms with E-state index in [1.807, 2.05) is 36.0 Å². The Kier molecular flexibility index (Phi) is 7.47. The summed E-state index contributed by atoms with van der Waals surface area (Å²) in [6, 6.07) is 7.73. The van der Waals surface area contributed by atoms with Crippen molar-refractivity contribution in [1.82, 2.24) is 14.5 Å². The number of hydrogen-bond donors (Lipinski definition) is 1. The number of nitrogens with zero attached hydrogens (tertiary/aromatic N) is 3. The molecular weight excluding hydrogens is 408 g/mol. The Balaban J connectivity index is 1.67. The van der Waals surface area contributed by atoms with Gasteiger partial charge in [0.25, 0.3) is 0 Å². The van der Waals surface area contributed by atoms with Gasteiger partial charge in [0.2, 0.25) is 10.0 Å². The Bertz CT molecular complexity index is 821. The zero-order valence-electron chi connectivity index (χ0n) is 17.6. The van der Waals surface area contributed by atoms with Gasteiger partial charge in [0.1, 0.15) is 0 Å². The smallest absolute Gasteiger partial charge is 0.218 e. The maximum atomic E-state index is 12.8. The molecule has 2 saturated heterocycles. The zero-order valence-corrected chi connectivity index (χ0v) is 19.2. The maximum absolute atomic E-state index is 12.8. The van der Waals surface area contributed by atoms with Crippen LogP contribution in [0.2, 0.25) is 0 Å². The van der Waals surface area contributed by atoms with Gasteiger partial charge in [0, 0.05) is 50.3 Å². The van der Waals surface area contributed by atoms with Crippen LogP contribution in [-0.4, -0.2) is 80.5 Å². The van der Waals surface area contributed by atoms with Crippen molar-refractivity contribution in [2.24, 2.45) is 4.99 Å². The van der Waals surface area contributed by atoms with Crippen LogP contribution in [0.4, 0.5) is 0 Å². The number of ether oxygens (including phenoxy) is 1. The number of thioether (sulfide) groups is 1. The second-order valence-electron chi connectivity index (χ2n) is 7.97. The lowest BCUT2D eigenvalue weighted by Crippen LogP contribution is -2.50. The lowest BCUT2D eigenvalue weighted by Gasteiger charge is -2.39. The fourth-order valence-electron chi connectivity index (χ4n) is 3.69. The second kappa shape index (κ2) is 9.68. The molecule has 2 heterocycles. The second-order valence-corrected chi connectivity index (χ2v) is 11.7. The maximum Gasteiger partial charge on any atom is 0.218 e. The van der Waals surface area contributed by atoms with Crippen molar-refractivity contribution >= 4 is 27.7 Å². The van der Waals surface area contributed by atoms with E-state index in [1.165, 1.54) is 4.31 Å². The minimum absolute atomic E-state index is 0.0108. The molecule has 0 bridgehead atoms. The molecule has 9 heteroatoms. The first-order chi connectivity index (χ1) is 13.8. The van der Waals surface area contributed by atoms with Crippen molar-refractivity contribution in [3.05, 3.63) is 35.4 Å². The lowest BCUT2D eigenvalue weighted by molar-refractivity contribution is 0.0729. The first-order valence-corrected chi connectivity index (χ1v) is 12.6. The summed E-state index contributed by atoms with van der Waals surface area (Å²) >= 11 is 1.98. The van der Waals surface area contributed by atoms with E-state index in [-0.39, 0.29) is 10.5 Å². The summed E-state index contributed by atoms with van der Waals surface area (Å²) in [7, 11) is -1.56. The highest BCUT2D eigenvalue weighted by Crippen LogP contribution is 2.29. The van der Waals surface area contributed by atoms with Gasteiger partial charge >= 0.3 is 0 Å². The highest BCUT2D eigenvalue weighted by Gasteiger charge is 2.29. The van der Waals surface area contributed by atoms with Crippen LogP contribution in [0.3, 0.4) is 0 Å². The SMILES string of the molecule is CN=C(NCc1ccccc1CS(=O)(=O)N1CCOCC1)N1CCSC(C)(C)C1. The van der Waals surface area contributed by atoms with Crippen LogP contribution in [0.1, 0.15) is 25.0 Å². The number of nitrogens with one attached hydrogen (secondary N) is 1. The molecule has 0 saturated carbocycles. The average molecular weight is 441 g/mol. The minimum Gasteiger partial charge on any atom is -0.379 e. The molecule has 3 rings (SSSR count). The van der Waals surface area contributed by atoms with Crippen molar-refractivity contribution in [2.45, 2.75) is 30.9 Å². The van der Waals surface area contributed by atoms with Gasteiger partial charge in [0.05, 0.1) is 19.0 Å². The van der Waals surface area contributed by atoms with E-state index >= 15 is 0 Å². The summed E-state index contributed by atoms with van der Waals surface area (Å²) in [5.74, 6) is 1.95. The largest absolute Gasteiger partial charge is 0.379 e. The van der Waals surface area contributed by atoms with E-state index in [0.29, 0.717) is 32.8 Å². The molecule has 0 spiro atoms. The van der Waals surface area contributed by atoms with E-state index in [1.54, 1.807) is 7.05 Å². The molecule has 0 unspecified atom stereocenters. The van der Waals surface area contributed by atoms with Crippen molar-refractivity contribution in [3.63, 3.8) is 0 Å². The van der Waals surface area contributed by atoms with Crippen molar-refractivity contribution in [3.8, 4) is 0 Å². The van der Waals surface area contributed by atoms with Gasteiger partial charge in [0.15, 0.2) is 5.96 Å². The number of aliphatic imine (C=N–C) groups is 1. The van der Waals surface area contributed by atoms with Gasteiger partial charge in [-0.1, -0.05) is 24.3 Å². The van der Waals surface area contributed by atoms with Gasteiger partial charge < -0.3 is 15.0 Å². The van der Waals surface area contributed by atoms with Crippen LogP contribution >= 0.6 is 11.8 Å². The van der Waals surface area contributed by atoms with Gasteiger partial charge in [-0.3, -0.25) is 4.99 Å². The molecule has 1 aromatic rings. The van der Waals surface area contributed by atoms with Gasteiger partial charge in [-0.15, -0.1) is 0 Å². The molecule has 7 nitrogen and oxygen atoms in total. The van der Waals surface area contributed by atoms with E-state index in [2.05, 4.69) is 29.1 Å². The number of hydrogen-bond acceptors (Lipinski definition) is 5. The predicted octanol–water partition coefficient (Wildman–Crippen LogP) is 1.75. The average Bonchev–Trinajstić information content (AvgIpc) is 2.69. The molecular formula is C20H32N4O3S2. The number of sulfonamides is 1. The molecule has 2 aliphatic heterocycles. The fraction of sp³-hybridized carbons (Fsp3) is 0.650. The van der Waals surface area contributed by atoms with Crippen molar-refractivity contribution < 1.29 is 13.2 Å². The monoisotopic (exact) mass is 440 g/mol. The third kappa shape index (κ3) is 6.10. The molecule has 2 aliphatic rings. The standard InChI is InChI=1S/C20H32N4O3S2/c1-20(2)16-23(10-13-28-20)19(21-3)22-14-17-6-4-5-7-18(17)15-29(25,26)24-8-11-27-12-9-24/h4-7H,8-16H2,1-3H3,(H,21,22). The van der Waals surface area contributed by atoms with Crippen LogP contribution < -0.4 is 5.32 Å². The third-order valence-electron chi connectivity index (χ3n) is 5.19. The number of benzene rings is 1. The van der Waals surface area contributed by atoms with Crippen LogP contribution in [-0.2, 0) is 27.1 Å². The molecule has 2 fully saturated rings. The summed E-state index contributed by atoms with van der Waals surface area (Å²) in [6.45, 7) is 8.73. The zero-order chi connectivity index (χ0) is 20.9. The van der Waals surface area contributed by atoms with E-state index in [4.69, 9.17) is 4.74 Å². The van der Waals surface area contributed by atoms with E-state index in [0.717, 1.165) is 35.9 Å². The number of guanidine groups is 1. The summed E-state index contributed by atoms with van der Waals surface area (Å²) in [6.07, 6.45) is 0. The third-order valence-corrected chi connectivity index (χ3v) is 8.32. The Morgan fingerprint density at radius 2 is 1.90 bits per heavy atom. The van der Waals surface area contributed by atoms with Gasteiger partial charge in [-0.25, -0.2) is 8.42 Å². The first-order valence-electron chi connectivity index (χ1n) is 10.0. The summed E-state index contributed by atoms with van der Waals surface area (Å²) < 4.78 is 32.7. The molecule has 0 amide bonds.